The number of amides is 2. The summed E-state index contributed by atoms with van der Waals surface area (Å²) in [6, 6.07) is 22.5. The molecule has 1 fully saturated rings. The van der Waals surface area contributed by atoms with Crippen molar-refractivity contribution in [2.45, 2.75) is 31.2 Å². The van der Waals surface area contributed by atoms with Gasteiger partial charge in [-0.2, -0.15) is 0 Å². The van der Waals surface area contributed by atoms with Crippen LogP contribution >= 0.6 is 0 Å². The van der Waals surface area contributed by atoms with Gasteiger partial charge >= 0.3 is 12.1 Å². The van der Waals surface area contributed by atoms with Crippen molar-refractivity contribution in [3.63, 3.8) is 0 Å². The molecule has 7 heteroatoms. The van der Waals surface area contributed by atoms with E-state index in [1.165, 1.54) is 4.90 Å². The van der Waals surface area contributed by atoms with E-state index in [-0.39, 0.29) is 24.9 Å². The summed E-state index contributed by atoms with van der Waals surface area (Å²) in [6.07, 6.45) is 0.668. The van der Waals surface area contributed by atoms with E-state index >= 15 is 0 Å². The van der Waals surface area contributed by atoms with Gasteiger partial charge in [0.2, 0.25) is 5.91 Å². The molecule has 1 heterocycles. The molecule has 1 aliphatic carbocycles. The second-order valence-electron chi connectivity index (χ2n) is 8.91. The third-order valence-electron chi connectivity index (χ3n) is 6.73. The number of carboxylic acids is 1. The van der Waals surface area contributed by atoms with E-state index in [4.69, 9.17) is 4.74 Å². The topological polar surface area (TPSA) is 95.9 Å². The van der Waals surface area contributed by atoms with Crippen LogP contribution in [-0.4, -0.2) is 47.2 Å². The molecule has 2 amide bonds. The first-order valence-electron chi connectivity index (χ1n) is 11.7. The molecule has 1 saturated heterocycles. The van der Waals surface area contributed by atoms with Crippen LogP contribution in [0.1, 0.15) is 35.4 Å². The van der Waals surface area contributed by atoms with Crippen LogP contribution in [0, 0.1) is 0 Å². The molecule has 7 nitrogen and oxygen atoms in total. The number of anilines is 1. The highest BCUT2D eigenvalue weighted by Gasteiger charge is 2.33. The van der Waals surface area contributed by atoms with Gasteiger partial charge in [0, 0.05) is 18.2 Å². The fourth-order valence-corrected chi connectivity index (χ4v) is 5.11. The Balaban J connectivity index is 1.21. The van der Waals surface area contributed by atoms with E-state index in [1.54, 1.807) is 24.3 Å². The lowest BCUT2D eigenvalue weighted by Crippen LogP contribution is -2.41. The van der Waals surface area contributed by atoms with Crippen LogP contribution in [0.25, 0.3) is 11.1 Å². The number of rotatable bonds is 6. The second-order valence-corrected chi connectivity index (χ2v) is 8.91. The Kier molecular flexibility index (Phi) is 6.23. The third-order valence-corrected chi connectivity index (χ3v) is 6.73. The number of carbonyl (C=O) groups is 3. The van der Waals surface area contributed by atoms with Crippen molar-refractivity contribution in [1.29, 1.82) is 0 Å². The number of benzene rings is 3. The van der Waals surface area contributed by atoms with Crippen molar-refractivity contribution in [3.05, 3.63) is 89.5 Å². The molecule has 0 bridgehead atoms. The molecule has 1 aliphatic heterocycles. The first-order chi connectivity index (χ1) is 17.0. The Labute approximate surface area is 203 Å². The Morgan fingerprint density at radius 1 is 0.943 bits per heavy atom. The van der Waals surface area contributed by atoms with Crippen molar-refractivity contribution < 1.29 is 24.2 Å². The summed E-state index contributed by atoms with van der Waals surface area (Å²) < 4.78 is 5.60. The predicted octanol–water partition coefficient (Wildman–Crippen LogP) is 4.67. The lowest BCUT2D eigenvalue weighted by Gasteiger charge is -2.21. The summed E-state index contributed by atoms with van der Waals surface area (Å²) in [6.45, 7) is 0.664. The quantitative estimate of drug-likeness (QED) is 0.546. The summed E-state index contributed by atoms with van der Waals surface area (Å²) in [5.41, 5.74) is 5.83. The highest BCUT2D eigenvalue weighted by molar-refractivity contribution is 5.87. The molecule has 0 radical (unpaired) electrons. The molecule has 3 aromatic carbocycles. The molecule has 1 atom stereocenters. The summed E-state index contributed by atoms with van der Waals surface area (Å²) in [5, 5.41) is 12.1. The predicted molar refractivity (Wildman–Crippen MR) is 131 cm³/mol. The Hall–Kier alpha value is -4.13. The number of hydrogen-bond acceptors (Lipinski definition) is 4. The second kappa shape index (κ2) is 9.62. The van der Waals surface area contributed by atoms with Crippen LogP contribution in [0.5, 0.6) is 0 Å². The minimum atomic E-state index is -0.971. The standard InChI is InChI=1S/C28H26N2O5/c31-26(30-14-6-13-25(30)27(32)33)16-18-7-5-8-19(15-18)29-28(34)35-17-24-22-11-3-1-9-20(22)21-10-2-4-12-23(21)24/h1-5,7-12,15,24-25H,6,13-14,16-17H2,(H,29,34)(H,32,33)/t25-/m0/s1. The van der Waals surface area contributed by atoms with Crippen LogP contribution in [0.15, 0.2) is 72.8 Å². The molecule has 0 saturated carbocycles. The summed E-state index contributed by atoms with van der Waals surface area (Å²) in [7, 11) is 0. The van der Waals surface area contributed by atoms with E-state index in [9.17, 15) is 19.5 Å². The Morgan fingerprint density at radius 3 is 2.31 bits per heavy atom. The fraction of sp³-hybridized carbons (Fsp3) is 0.250. The number of aliphatic carboxylic acids is 1. The van der Waals surface area contributed by atoms with Crippen molar-refractivity contribution in [2.24, 2.45) is 0 Å². The van der Waals surface area contributed by atoms with Crippen LogP contribution in [0.4, 0.5) is 10.5 Å². The number of fused-ring (bicyclic) bond motifs is 3. The Morgan fingerprint density at radius 2 is 1.63 bits per heavy atom. The van der Waals surface area contributed by atoms with Gasteiger partial charge in [-0.1, -0.05) is 60.7 Å². The molecule has 5 rings (SSSR count). The molecule has 3 aromatic rings. The lowest BCUT2D eigenvalue weighted by molar-refractivity contribution is -0.148. The van der Waals surface area contributed by atoms with E-state index in [1.807, 2.05) is 24.3 Å². The van der Waals surface area contributed by atoms with Gasteiger partial charge in [0.25, 0.3) is 0 Å². The number of ether oxygens (including phenoxy) is 1. The van der Waals surface area contributed by atoms with Crippen molar-refractivity contribution >= 4 is 23.7 Å². The van der Waals surface area contributed by atoms with Crippen LogP contribution in [-0.2, 0) is 20.7 Å². The normalized spacial score (nSPS) is 16.5. The number of carboxylic acid groups (broad SMARTS) is 1. The number of nitrogens with one attached hydrogen (secondary N) is 1. The van der Waals surface area contributed by atoms with Gasteiger partial charge in [-0.05, 0) is 52.8 Å². The maximum absolute atomic E-state index is 12.7. The maximum atomic E-state index is 12.7. The van der Waals surface area contributed by atoms with Gasteiger partial charge < -0.3 is 14.7 Å². The van der Waals surface area contributed by atoms with Crippen LogP contribution < -0.4 is 5.32 Å². The monoisotopic (exact) mass is 470 g/mol. The lowest BCUT2D eigenvalue weighted by atomic mass is 9.98. The molecule has 0 spiro atoms. The van der Waals surface area contributed by atoms with Crippen LogP contribution in [0.3, 0.4) is 0 Å². The largest absolute Gasteiger partial charge is 0.480 e. The SMILES string of the molecule is O=C(Nc1cccc(CC(=O)N2CCC[C@H]2C(=O)O)c1)OCC1c2ccccc2-c2ccccc21. The minimum absolute atomic E-state index is 0.0280. The van der Waals surface area contributed by atoms with Gasteiger partial charge in [0.1, 0.15) is 12.6 Å². The number of hydrogen-bond donors (Lipinski definition) is 2. The van der Waals surface area contributed by atoms with Gasteiger partial charge in [0.15, 0.2) is 0 Å². The fourth-order valence-electron chi connectivity index (χ4n) is 5.11. The van der Waals surface area contributed by atoms with Crippen molar-refractivity contribution in [1.82, 2.24) is 4.90 Å². The van der Waals surface area contributed by atoms with Crippen molar-refractivity contribution in [3.8, 4) is 11.1 Å². The van der Waals surface area contributed by atoms with Gasteiger partial charge in [-0.15, -0.1) is 0 Å². The zero-order valence-electron chi connectivity index (χ0n) is 19.1. The van der Waals surface area contributed by atoms with E-state index in [0.717, 1.165) is 22.3 Å². The molecule has 2 aliphatic rings. The first-order valence-corrected chi connectivity index (χ1v) is 11.7. The average molecular weight is 471 g/mol. The molecule has 2 N–H and O–H groups in total. The third kappa shape index (κ3) is 4.62. The number of carbonyl (C=O) groups excluding carboxylic acids is 2. The van der Waals surface area contributed by atoms with Gasteiger partial charge in [-0.25, -0.2) is 9.59 Å². The molecule has 0 unspecified atom stereocenters. The van der Waals surface area contributed by atoms with Gasteiger partial charge in [-0.3, -0.25) is 10.1 Å². The maximum Gasteiger partial charge on any atom is 0.411 e. The van der Waals surface area contributed by atoms with Crippen molar-refractivity contribution in [2.75, 3.05) is 18.5 Å². The molecule has 35 heavy (non-hydrogen) atoms. The Bertz CT molecular complexity index is 1240. The molecular weight excluding hydrogens is 444 g/mol. The van der Waals surface area contributed by atoms with E-state index < -0.39 is 18.1 Å². The molecule has 0 aromatic heterocycles. The number of nitrogens with zero attached hydrogens (tertiary/aromatic N) is 1. The molecular formula is C28H26N2O5. The van der Waals surface area contributed by atoms with E-state index in [0.29, 0.717) is 30.6 Å². The van der Waals surface area contributed by atoms with Gasteiger partial charge in [0.05, 0.1) is 6.42 Å². The minimum Gasteiger partial charge on any atom is -0.480 e. The summed E-state index contributed by atoms with van der Waals surface area (Å²) in [4.78, 5) is 38.1. The summed E-state index contributed by atoms with van der Waals surface area (Å²) >= 11 is 0. The average Bonchev–Trinajstić information content (AvgIpc) is 3.47. The highest BCUT2D eigenvalue weighted by atomic mass is 16.5. The molecule has 178 valence electrons. The zero-order valence-corrected chi connectivity index (χ0v) is 19.1. The van der Waals surface area contributed by atoms with E-state index in [2.05, 4.69) is 29.6 Å². The number of likely N-dealkylation sites (tertiary alicyclic amines) is 1. The highest BCUT2D eigenvalue weighted by Crippen LogP contribution is 2.44. The first kappa shape index (κ1) is 22.7. The van der Waals surface area contributed by atoms with Crippen LogP contribution in [0.2, 0.25) is 0 Å². The zero-order chi connectivity index (χ0) is 24.4. The smallest absolute Gasteiger partial charge is 0.411 e. The summed E-state index contributed by atoms with van der Waals surface area (Å²) in [5.74, 6) is -1.23.